The minimum Gasteiger partial charge on any atom is -0.490 e. The average Bonchev–Trinajstić information content (AvgIpc) is 3.02. The van der Waals surface area contributed by atoms with E-state index in [1.165, 1.54) is 0 Å². The van der Waals surface area contributed by atoms with Crippen LogP contribution < -0.4 is 10.1 Å². The quantitative estimate of drug-likeness (QED) is 0.407. The first kappa shape index (κ1) is 35.9. The van der Waals surface area contributed by atoms with Gasteiger partial charge in [0.1, 0.15) is 5.75 Å². The number of carbonyl (C=O) groups excluding carboxylic acids is 3. The summed E-state index contributed by atoms with van der Waals surface area (Å²) in [6.07, 6.45) is 6.31. The molecule has 3 rings (SSSR count). The summed E-state index contributed by atoms with van der Waals surface area (Å²) in [6.45, 7) is 7.60. The number of amides is 3. The number of hydrogen-bond acceptors (Lipinski definition) is 8. The maximum atomic E-state index is 14.3. The van der Waals surface area contributed by atoms with Gasteiger partial charge in [-0.1, -0.05) is 6.92 Å². The van der Waals surface area contributed by atoms with Crippen molar-refractivity contribution in [2.24, 2.45) is 5.92 Å². The zero-order chi connectivity index (χ0) is 32.9. The van der Waals surface area contributed by atoms with Crippen LogP contribution in [0.15, 0.2) is 42.7 Å². The van der Waals surface area contributed by atoms with Gasteiger partial charge < -0.3 is 34.6 Å². The molecule has 1 aromatic carbocycles. The Labute approximate surface area is 267 Å². The summed E-state index contributed by atoms with van der Waals surface area (Å²) in [7, 11) is 5.78. The van der Waals surface area contributed by atoms with E-state index in [9.17, 15) is 19.5 Å². The SMILES string of the molecule is C[C@@H]1CCCCO[C@H](CN(C)C(=O)CCCN(C)C)[C@H](C)CN([C@@H](C)CO)C(=O)c2cc(NC(=O)c3ccncc3)ccc2O1. The molecule has 4 atom stereocenters. The molecule has 11 nitrogen and oxygen atoms in total. The van der Waals surface area contributed by atoms with E-state index in [-0.39, 0.29) is 49.0 Å². The minimum atomic E-state index is -0.501. The fourth-order valence-corrected chi connectivity index (χ4v) is 5.28. The minimum absolute atomic E-state index is 0.0601. The van der Waals surface area contributed by atoms with Crippen molar-refractivity contribution in [3.63, 3.8) is 0 Å². The lowest BCUT2D eigenvalue weighted by Gasteiger charge is -2.36. The number of nitrogens with one attached hydrogen (secondary N) is 1. The van der Waals surface area contributed by atoms with Crippen LogP contribution in [0.2, 0.25) is 0 Å². The fraction of sp³-hybridized carbons (Fsp3) is 0.588. The van der Waals surface area contributed by atoms with Crippen molar-refractivity contribution in [3.8, 4) is 5.75 Å². The summed E-state index contributed by atoms with van der Waals surface area (Å²) in [5.74, 6) is -0.319. The lowest BCUT2D eigenvalue weighted by atomic mass is 10.0. The molecule has 0 radical (unpaired) electrons. The third-order valence-electron chi connectivity index (χ3n) is 8.13. The molecule has 0 aliphatic carbocycles. The standard InChI is InChI=1S/C34H51N5O6/c1-24-21-39(25(2)23-40)34(43)29-20-28(36-33(42)27-14-16-35-17-15-27)12-13-30(29)45-26(3)10-7-8-19-44-31(24)22-38(6)32(41)11-9-18-37(4)5/h12-17,20,24-26,31,40H,7-11,18-19,21-23H2,1-6H3,(H,36,42)/t24-,25+,26-,31-/m1/s1. The van der Waals surface area contributed by atoms with Crippen LogP contribution in [0.5, 0.6) is 5.75 Å². The molecule has 1 aliphatic rings. The molecule has 1 aromatic heterocycles. The Bertz CT molecular complexity index is 1240. The second kappa shape index (κ2) is 17.8. The van der Waals surface area contributed by atoms with Gasteiger partial charge in [-0.3, -0.25) is 19.4 Å². The maximum Gasteiger partial charge on any atom is 0.258 e. The molecule has 0 saturated heterocycles. The van der Waals surface area contributed by atoms with Crippen molar-refractivity contribution in [1.82, 2.24) is 19.7 Å². The molecular weight excluding hydrogens is 574 g/mol. The Balaban J connectivity index is 1.89. The molecule has 0 unspecified atom stereocenters. The monoisotopic (exact) mass is 625 g/mol. The normalized spacial score (nSPS) is 20.5. The Morgan fingerprint density at radius 3 is 2.56 bits per heavy atom. The lowest BCUT2D eigenvalue weighted by Crippen LogP contribution is -2.48. The Morgan fingerprint density at radius 2 is 1.87 bits per heavy atom. The van der Waals surface area contributed by atoms with Gasteiger partial charge in [-0.15, -0.1) is 0 Å². The van der Waals surface area contributed by atoms with Crippen LogP contribution in [-0.4, -0.2) is 115 Å². The van der Waals surface area contributed by atoms with Crippen molar-refractivity contribution >= 4 is 23.4 Å². The zero-order valence-electron chi connectivity index (χ0n) is 27.7. The van der Waals surface area contributed by atoms with Crippen molar-refractivity contribution in [3.05, 3.63) is 53.9 Å². The molecule has 1 aliphatic heterocycles. The average molecular weight is 626 g/mol. The first-order chi connectivity index (χ1) is 21.5. The molecule has 11 heteroatoms. The molecule has 248 valence electrons. The number of benzene rings is 1. The van der Waals surface area contributed by atoms with Crippen molar-refractivity contribution in [2.45, 2.75) is 71.1 Å². The number of aliphatic hydroxyl groups excluding tert-OH is 1. The number of carbonyl (C=O) groups is 3. The summed E-state index contributed by atoms with van der Waals surface area (Å²) in [6, 6.07) is 7.79. The predicted molar refractivity (Wildman–Crippen MR) is 174 cm³/mol. The van der Waals surface area contributed by atoms with E-state index in [1.807, 2.05) is 27.9 Å². The van der Waals surface area contributed by atoms with E-state index in [0.717, 1.165) is 32.2 Å². The number of likely N-dealkylation sites (N-methyl/N-ethyl adjacent to an activating group) is 1. The van der Waals surface area contributed by atoms with Crippen LogP contribution in [0.25, 0.3) is 0 Å². The van der Waals surface area contributed by atoms with Gasteiger partial charge in [-0.25, -0.2) is 0 Å². The number of nitrogens with zero attached hydrogens (tertiary/aromatic N) is 4. The number of aliphatic hydroxyl groups is 1. The highest BCUT2D eigenvalue weighted by atomic mass is 16.5. The van der Waals surface area contributed by atoms with Gasteiger partial charge in [0, 0.05) is 62.7 Å². The van der Waals surface area contributed by atoms with E-state index in [4.69, 9.17) is 9.47 Å². The molecular formula is C34H51N5O6. The third kappa shape index (κ3) is 11.1. The maximum absolute atomic E-state index is 14.3. The molecule has 0 fully saturated rings. The van der Waals surface area contributed by atoms with Crippen LogP contribution in [-0.2, 0) is 9.53 Å². The van der Waals surface area contributed by atoms with Crippen LogP contribution in [0, 0.1) is 5.92 Å². The van der Waals surface area contributed by atoms with E-state index in [1.54, 1.807) is 66.5 Å². The molecule has 2 heterocycles. The third-order valence-corrected chi connectivity index (χ3v) is 8.13. The molecule has 2 aromatic rings. The topological polar surface area (TPSA) is 125 Å². The number of ether oxygens (including phenoxy) is 2. The molecule has 2 N–H and O–H groups in total. The van der Waals surface area contributed by atoms with Gasteiger partial charge in [-0.05, 0) is 90.5 Å². The van der Waals surface area contributed by atoms with Crippen LogP contribution in [0.1, 0.15) is 73.6 Å². The first-order valence-corrected chi connectivity index (χ1v) is 15.9. The van der Waals surface area contributed by atoms with Crippen molar-refractivity contribution in [1.29, 1.82) is 0 Å². The summed E-state index contributed by atoms with van der Waals surface area (Å²) in [5.41, 5.74) is 1.18. The molecule has 45 heavy (non-hydrogen) atoms. The molecule has 0 bridgehead atoms. The Kier molecular flexibility index (Phi) is 14.2. The highest BCUT2D eigenvalue weighted by Gasteiger charge is 2.31. The first-order valence-electron chi connectivity index (χ1n) is 15.9. The second-order valence-corrected chi connectivity index (χ2v) is 12.4. The fourth-order valence-electron chi connectivity index (χ4n) is 5.28. The summed E-state index contributed by atoms with van der Waals surface area (Å²) >= 11 is 0. The summed E-state index contributed by atoms with van der Waals surface area (Å²) in [5, 5.41) is 13.1. The van der Waals surface area contributed by atoms with E-state index >= 15 is 0 Å². The highest BCUT2D eigenvalue weighted by Crippen LogP contribution is 2.29. The number of hydrogen-bond donors (Lipinski definition) is 2. The lowest BCUT2D eigenvalue weighted by molar-refractivity contribution is -0.132. The van der Waals surface area contributed by atoms with Crippen LogP contribution in [0.4, 0.5) is 5.69 Å². The number of fused-ring (bicyclic) bond motifs is 1. The highest BCUT2D eigenvalue weighted by molar-refractivity contribution is 6.05. The van der Waals surface area contributed by atoms with Gasteiger partial charge in [0.05, 0.1) is 30.4 Å². The summed E-state index contributed by atoms with van der Waals surface area (Å²) in [4.78, 5) is 49.5. The van der Waals surface area contributed by atoms with Crippen LogP contribution >= 0.6 is 0 Å². The number of pyridine rings is 1. The number of aromatic nitrogens is 1. The predicted octanol–water partition coefficient (Wildman–Crippen LogP) is 3.93. The largest absolute Gasteiger partial charge is 0.490 e. The second-order valence-electron chi connectivity index (χ2n) is 12.4. The summed E-state index contributed by atoms with van der Waals surface area (Å²) < 4.78 is 12.6. The van der Waals surface area contributed by atoms with Gasteiger partial charge in [0.25, 0.3) is 11.8 Å². The van der Waals surface area contributed by atoms with Crippen molar-refractivity contribution in [2.75, 3.05) is 59.3 Å². The van der Waals surface area contributed by atoms with Gasteiger partial charge in [-0.2, -0.15) is 0 Å². The molecule has 0 spiro atoms. The molecule has 3 amide bonds. The zero-order valence-corrected chi connectivity index (χ0v) is 27.7. The van der Waals surface area contributed by atoms with E-state index < -0.39 is 6.04 Å². The Hall–Kier alpha value is -3.54. The smallest absolute Gasteiger partial charge is 0.258 e. The van der Waals surface area contributed by atoms with Gasteiger partial charge in [0.15, 0.2) is 0 Å². The Morgan fingerprint density at radius 1 is 1.13 bits per heavy atom. The van der Waals surface area contributed by atoms with Crippen molar-refractivity contribution < 1.29 is 29.0 Å². The van der Waals surface area contributed by atoms with E-state index in [0.29, 0.717) is 42.1 Å². The molecule has 0 saturated carbocycles. The van der Waals surface area contributed by atoms with Gasteiger partial charge in [0.2, 0.25) is 5.91 Å². The van der Waals surface area contributed by atoms with Crippen LogP contribution in [0.3, 0.4) is 0 Å². The van der Waals surface area contributed by atoms with Gasteiger partial charge >= 0.3 is 0 Å². The number of rotatable bonds is 10. The number of anilines is 1. The van der Waals surface area contributed by atoms with E-state index in [2.05, 4.69) is 15.2 Å².